The number of amides is 2. The van der Waals surface area contributed by atoms with Gasteiger partial charge in [0.25, 0.3) is 5.91 Å². The summed E-state index contributed by atoms with van der Waals surface area (Å²) >= 11 is 3.32. The number of rotatable bonds is 6. The van der Waals surface area contributed by atoms with Crippen LogP contribution in [0.3, 0.4) is 0 Å². The molecule has 1 aromatic rings. The number of carbonyl (C=O) groups is 2. The SMILES string of the molecule is CCNC(=O)CNC(=O)[C@@H](C)Oc1ccc(Br)cc1. The summed E-state index contributed by atoms with van der Waals surface area (Å²) in [6.07, 6.45) is -0.657. The van der Waals surface area contributed by atoms with Crippen molar-refractivity contribution >= 4 is 27.7 Å². The van der Waals surface area contributed by atoms with E-state index >= 15 is 0 Å². The Morgan fingerprint density at radius 3 is 2.47 bits per heavy atom. The van der Waals surface area contributed by atoms with E-state index in [0.717, 1.165) is 4.47 Å². The molecule has 5 nitrogen and oxygen atoms in total. The molecule has 0 aliphatic heterocycles. The highest BCUT2D eigenvalue weighted by Gasteiger charge is 2.15. The van der Waals surface area contributed by atoms with E-state index in [0.29, 0.717) is 12.3 Å². The molecular formula is C13H17BrN2O3. The van der Waals surface area contributed by atoms with Crippen molar-refractivity contribution < 1.29 is 14.3 Å². The van der Waals surface area contributed by atoms with Gasteiger partial charge in [0.05, 0.1) is 6.54 Å². The molecule has 2 amide bonds. The molecule has 1 aromatic carbocycles. The Morgan fingerprint density at radius 2 is 1.89 bits per heavy atom. The molecule has 0 saturated carbocycles. The van der Waals surface area contributed by atoms with E-state index in [1.54, 1.807) is 19.1 Å². The quantitative estimate of drug-likeness (QED) is 0.831. The van der Waals surface area contributed by atoms with Crippen LogP contribution < -0.4 is 15.4 Å². The van der Waals surface area contributed by atoms with Crippen LogP contribution in [0.15, 0.2) is 28.7 Å². The number of likely N-dealkylation sites (N-methyl/N-ethyl adjacent to an activating group) is 1. The van der Waals surface area contributed by atoms with Crippen LogP contribution in [0.1, 0.15) is 13.8 Å². The van der Waals surface area contributed by atoms with Crippen molar-refractivity contribution in [2.75, 3.05) is 13.1 Å². The number of ether oxygens (including phenoxy) is 1. The summed E-state index contributed by atoms with van der Waals surface area (Å²) in [5.41, 5.74) is 0. The molecule has 0 aliphatic carbocycles. The van der Waals surface area contributed by atoms with Gasteiger partial charge in [-0.25, -0.2) is 0 Å². The fourth-order valence-corrected chi connectivity index (χ4v) is 1.61. The highest BCUT2D eigenvalue weighted by molar-refractivity contribution is 9.10. The molecule has 1 rings (SSSR count). The van der Waals surface area contributed by atoms with Gasteiger partial charge in [-0.1, -0.05) is 15.9 Å². The lowest BCUT2D eigenvalue weighted by molar-refractivity contribution is -0.130. The first-order chi connectivity index (χ1) is 9.02. The van der Waals surface area contributed by atoms with E-state index in [1.807, 2.05) is 19.1 Å². The zero-order valence-electron chi connectivity index (χ0n) is 10.9. The van der Waals surface area contributed by atoms with Crippen LogP contribution in [0.5, 0.6) is 5.75 Å². The van der Waals surface area contributed by atoms with E-state index in [9.17, 15) is 9.59 Å². The molecular weight excluding hydrogens is 312 g/mol. The van der Waals surface area contributed by atoms with Gasteiger partial charge < -0.3 is 15.4 Å². The van der Waals surface area contributed by atoms with Crippen molar-refractivity contribution in [3.63, 3.8) is 0 Å². The standard InChI is InChI=1S/C13H17BrN2O3/c1-3-15-12(17)8-16-13(18)9(2)19-11-6-4-10(14)5-7-11/h4-7,9H,3,8H2,1-2H3,(H,15,17)(H,16,18)/t9-/m1/s1. The lowest BCUT2D eigenvalue weighted by Crippen LogP contribution is -2.42. The van der Waals surface area contributed by atoms with Crippen LogP contribution in [0.25, 0.3) is 0 Å². The van der Waals surface area contributed by atoms with Crippen molar-refractivity contribution in [3.05, 3.63) is 28.7 Å². The van der Waals surface area contributed by atoms with Gasteiger partial charge in [-0.15, -0.1) is 0 Å². The van der Waals surface area contributed by atoms with Gasteiger partial charge in [0, 0.05) is 11.0 Å². The van der Waals surface area contributed by atoms with Crippen molar-refractivity contribution in [1.29, 1.82) is 0 Å². The summed E-state index contributed by atoms with van der Waals surface area (Å²) in [7, 11) is 0. The first-order valence-corrected chi connectivity index (χ1v) is 6.79. The lowest BCUT2D eigenvalue weighted by Gasteiger charge is -2.14. The lowest BCUT2D eigenvalue weighted by atomic mass is 10.3. The van der Waals surface area contributed by atoms with Gasteiger partial charge in [0.15, 0.2) is 6.10 Å². The second-order valence-corrected chi connectivity index (χ2v) is 4.80. The Bertz CT molecular complexity index is 434. The number of benzene rings is 1. The van der Waals surface area contributed by atoms with E-state index in [1.165, 1.54) is 0 Å². The van der Waals surface area contributed by atoms with E-state index in [4.69, 9.17) is 4.74 Å². The number of halogens is 1. The first-order valence-electron chi connectivity index (χ1n) is 5.99. The Hall–Kier alpha value is -1.56. The summed E-state index contributed by atoms with van der Waals surface area (Å²) in [4.78, 5) is 22.9. The molecule has 0 unspecified atom stereocenters. The molecule has 0 radical (unpaired) electrons. The van der Waals surface area contributed by atoms with Crippen molar-refractivity contribution in [2.24, 2.45) is 0 Å². The van der Waals surface area contributed by atoms with Crippen LogP contribution in [0.2, 0.25) is 0 Å². The Balaban J connectivity index is 2.40. The Morgan fingerprint density at radius 1 is 1.26 bits per heavy atom. The molecule has 2 N–H and O–H groups in total. The fraction of sp³-hybridized carbons (Fsp3) is 0.385. The van der Waals surface area contributed by atoms with E-state index in [-0.39, 0.29) is 18.4 Å². The topological polar surface area (TPSA) is 67.4 Å². The van der Waals surface area contributed by atoms with Gasteiger partial charge in [-0.2, -0.15) is 0 Å². The average Bonchev–Trinajstić information content (AvgIpc) is 2.39. The van der Waals surface area contributed by atoms with Crippen LogP contribution in [-0.4, -0.2) is 31.0 Å². The maximum absolute atomic E-state index is 11.7. The van der Waals surface area contributed by atoms with Crippen LogP contribution in [0.4, 0.5) is 0 Å². The largest absolute Gasteiger partial charge is 0.481 e. The number of hydrogen-bond acceptors (Lipinski definition) is 3. The molecule has 6 heteroatoms. The van der Waals surface area contributed by atoms with E-state index in [2.05, 4.69) is 26.6 Å². The number of carbonyl (C=O) groups excluding carboxylic acids is 2. The minimum atomic E-state index is -0.657. The molecule has 0 fully saturated rings. The highest BCUT2D eigenvalue weighted by Crippen LogP contribution is 2.17. The summed E-state index contributed by atoms with van der Waals surface area (Å²) in [5, 5.41) is 5.11. The third-order valence-electron chi connectivity index (χ3n) is 2.29. The fourth-order valence-electron chi connectivity index (χ4n) is 1.34. The minimum Gasteiger partial charge on any atom is -0.481 e. The summed E-state index contributed by atoms with van der Waals surface area (Å²) in [5.74, 6) is 0.0599. The third-order valence-corrected chi connectivity index (χ3v) is 2.82. The predicted molar refractivity (Wildman–Crippen MR) is 75.9 cm³/mol. The molecule has 104 valence electrons. The Labute approximate surface area is 120 Å². The first kappa shape index (κ1) is 15.5. The molecule has 0 aliphatic rings. The molecule has 19 heavy (non-hydrogen) atoms. The van der Waals surface area contributed by atoms with Gasteiger partial charge >= 0.3 is 0 Å². The van der Waals surface area contributed by atoms with Crippen molar-refractivity contribution in [1.82, 2.24) is 10.6 Å². The normalized spacial score (nSPS) is 11.5. The summed E-state index contributed by atoms with van der Waals surface area (Å²) in [6, 6.07) is 7.18. The van der Waals surface area contributed by atoms with Gasteiger partial charge in [-0.05, 0) is 38.1 Å². The van der Waals surface area contributed by atoms with Crippen LogP contribution >= 0.6 is 15.9 Å². The van der Waals surface area contributed by atoms with E-state index < -0.39 is 6.10 Å². The maximum atomic E-state index is 11.7. The molecule has 1 atom stereocenters. The smallest absolute Gasteiger partial charge is 0.261 e. The average molecular weight is 329 g/mol. The monoisotopic (exact) mass is 328 g/mol. The van der Waals surface area contributed by atoms with Gasteiger partial charge in [0.2, 0.25) is 5.91 Å². The van der Waals surface area contributed by atoms with Crippen molar-refractivity contribution in [3.8, 4) is 5.75 Å². The summed E-state index contributed by atoms with van der Waals surface area (Å²) < 4.78 is 6.40. The van der Waals surface area contributed by atoms with Crippen LogP contribution in [0, 0.1) is 0 Å². The van der Waals surface area contributed by atoms with Crippen LogP contribution in [-0.2, 0) is 9.59 Å². The maximum Gasteiger partial charge on any atom is 0.261 e. The van der Waals surface area contributed by atoms with Crippen molar-refractivity contribution in [2.45, 2.75) is 20.0 Å². The molecule has 0 saturated heterocycles. The second-order valence-electron chi connectivity index (χ2n) is 3.89. The molecule has 0 aromatic heterocycles. The second kappa shape index (κ2) is 7.78. The number of hydrogen-bond donors (Lipinski definition) is 2. The molecule has 0 spiro atoms. The van der Waals surface area contributed by atoms with Gasteiger partial charge in [0.1, 0.15) is 5.75 Å². The molecule has 0 bridgehead atoms. The zero-order chi connectivity index (χ0) is 14.3. The minimum absolute atomic E-state index is 0.0410. The third kappa shape index (κ3) is 5.74. The highest BCUT2D eigenvalue weighted by atomic mass is 79.9. The van der Waals surface area contributed by atoms with Gasteiger partial charge in [-0.3, -0.25) is 9.59 Å². The molecule has 0 heterocycles. The predicted octanol–water partition coefficient (Wildman–Crippen LogP) is 1.47. The Kier molecular flexibility index (Phi) is 6.35. The summed E-state index contributed by atoms with van der Waals surface area (Å²) in [6.45, 7) is 3.95. The number of nitrogens with one attached hydrogen (secondary N) is 2. The zero-order valence-corrected chi connectivity index (χ0v) is 12.5.